The van der Waals surface area contributed by atoms with E-state index in [9.17, 15) is 18.0 Å². The van der Waals surface area contributed by atoms with Gasteiger partial charge in [0.1, 0.15) is 6.54 Å². The molecule has 0 radical (unpaired) electrons. The van der Waals surface area contributed by atoms with E-state index in [1.165, 1.54) is 27.9 Å². The summed E-state index contributed by atoms with van der Waals surface area (Å²) in [7, 11) is -3.74. The maximum Gasteiger partial charge on any atom is 0.251 e. The number of aromatic nitrogens is 2. The van der Waals surface area contributed by atoms with Crippen molar-refractivity contribution in [2.45, 2.75) is 31.7 Å². The molecule has 2 heterocycles. The average molecular weight is 495 g/mol. The molecule has 1 aromatic carbocycles. The number of nitrogens with one attached hydrogen (secondary N) is 1. The molecule has 0 aliphatic carbocycles. The normalized spacial score (nSPS) is 11.6. The molecule has 170 valence electrons. The van der Waals surface area contributed by atoms with Gasteiger partial charge in [-0.1, -0.05) is 37.6 Å². The Morgan fingerprint density at radius 2 is 1.84 bits per heavy atom. The molecule has 0 atom stereocenters. The molecule has 0 unspecified atom stereocenters. The Labute approximate surface area is 195 Å². The molecular weight excluding hydrogens is 472 g/mol. The van der Waals surface area contributed by atoms with Gasteiger partial charge in [0.05, 0.1) is 4.90 Å². The van der Waals surface area contributed by atoms with Crippen molar-refractivity contribution in [2.75, 3.05) is 18.4 Å². The molecule has 1 amide bonds. The Morgan fingerprint density at radius 1 is 1.16 bits per heavy atom. The summed E-state index contributed by atoms with van der Waals surface area (Å²) in [5, 5.41) is 3.73. The fraction of sp³-hybridized carbons (Fsp3) is 0.286. The monoisotopic (exact) mass is 494 g/mol. The summed E-state index contributed by atoms with van der Waals surface area (Å²) in [6.45, 7) is 3.76. The van der Waals surface area contributed by atoms with E-state index >= 15 is 0 Å². The van der Waals surface area contributed by atoms with Gasteiger partial charge in [0.15, 0.2) is 5.13 Å². The molecule has 0 fully saturated rings. The Hall–Kier alpha value is -2.53. The van der Waals surface area contributed by atoms with Crippen LogP contribution in [0.1, 0.15) is 24.3 Å². The smallest absolute Gasteiger partial charge is 0.251 e. The lowest BCUT2D eigenvalue weighted by Gasteiger charge is -2.18. The van der Waals surface area contributed by atoms with Crippen LogP contribution in [0.25, 0.3) is 0 Å². The molecule has 0 spiro atoms. The second kappa shape index (κ2) is 10.4. The SMILES string of the molecule is CCN(CC)S(=O)(=O)c1ccc(=O)n(CC(=O)Nc2ncc(Cc3ccc(Cl)cc3)s2)c1. The lowest BCUT2D eigenvalue weighted by atomic mass is 10.1. The number of carbonyl (C=O) groups is 1. The molecule has 0 aliphatic heterocycles. The molecule has 8 nitrogen and oxygen atoms in total. The third-order valence-corrected chi connectivity index (χ3v) is 7.90. The molecule has 0 aliphatic rings. The predicted octanol–water partition coefficient (Wildman–Crippen LogP) is 3.22. The summed E-state index contributed by atoms with van der Waals surface area (Å²) >= 11 is 7.23. The minimum absolute atomic E-state index is 0.0342. The zero-order valence-corrected chi connectivity index (χ0v) is 20.0. The van der Waals surface area contributed by atoms with Crippen molar-refractivity contribution in [2.24, 2.45) is 0 Å². The molecular formula is C21H23ClN4O4S2. The zero-order chi connectivity index (χ0) is 23.3. The fourth-order valence-corrected chi connectivity index (χ4v) is 5.53. The van der Waals surface area contributed by atoms with Crippen LogP contribution in [0.4, 0.5) is 5.13 Å². The van der Waals surface area contributed by atoms with Crippen LogP contribution in [0, 0.1) is 0 Å². The lowest BCUT2D eigenvalue weighted by Crippen LogP contribution is -2.33. The van der Waals surface area contributed by atoms with Gasteiger partial charge in [0, 0.05) is 47.9 Å². The molecule has 0 saturated carbocycles. The van der Waals surface area contributed by atoms with E-state index in [-0.39, 0.29) is 11.4 Å². The van der Waals surface area contributed by atoms with Gasteiger partial charge in [-0.15, -0.1) is 11.3 Å². The van der Waals surface area contributed by atoms with Crippen LogP contribution < -0.4 is 10.9 Å². The number of hydrogen-bond acceptors (Lipinski definition) is 6. The molecule has 3 aromatic rings. The number of pyridine rings is 1. The van der Waals surface area contributed by atoms with E-state index in [1.807, 2.05) is 24.3 Å². The Bertz CT molecular complexity index is 1250. The van der Waals surface area contributed by atoms with Crippen LogP contribution in [0.3, 0.4) is 0 Å². The number of nitrogens with zero attached hydrogens (tertiary/aromatic N) is 3. The van der Waals surface area contributed by atoms with Crippen LogP contribution in [-0.4, -0.2) is 41.3 Å². The minimum Gasteiger partial charge on any atom is -0.305 e. The number of rotatable bonds is 9. The first-order chi connectivity index (χ1) is 15.2. The maximum atomic E-state index is 12.7. The first-order valence-electron chi connectivity index (χ1n) is 9.92. The number of sulfonamides is 1. The Morgan fingerprint density at radius 3 is 2.50 bits per heavy atom. The summed E-state index contributed by atoms with van der Waals surface area (Å²) in [6, 6.07) is 9.88. The number of carbonyl (C=O) groups excluding carboxylic acids is 1. The molecule has 2 aromatic heterocycles. The van der Waals surface area contributed by atoms with Gasteiger partial charge in [0.2, 0.25) is 15.9 Å². The predicted molar refractivity (Wildman–Crippen MR) is 126 cm³/mol. The van der Waals surface area contributed by atoms with Crippen LogP contribution in [0.15, 0.2) is 58.5 Å². The molecule has 0 bridgehead atoms. The Balaban J connectivity index is 1.69. The third kappa shape index (κ3) is 5.83. The highest BCUT2D eigenvalue weighted by Gasteiger charge is 2.22. The first-order valence-corrected chi connectivity index (χ1v) is 12.6. The largest absolute Gasteiger partial charge is 0.305 e. The average Bonchev–Trinajstić information content (AvgIpc) is 3.18. The first kappa shape index (κ1) is 24.1. The summed E-state index contributed by atoms with van der Waals surface area (Å²) in [6.07, 6.45) is 3.52. The summed E-state index contributed by atoms with van der Waals surface area (Å²) in [4.78, 5) is 29.8. The van der Waals surface area contributed by atoms with Crippen LogP contribution in [-0.2, 0) is 27.8 Å². The minimum atomic E-state index is -3.74. The van der Waals surface area contributed by atoms with Crippen molar-refractivity contribution in [3.05, 3.63) is 74.6 Å². The van der Waals surface area contributed by atoms with Crippen molar-refractivity contribution < 1.29 is 13.2 Å². The fourth-order valence-electron chi connectivity index (χ4n) is 3.06. The van der Waals surface area contributed by atoms with Crippen molar-refractivity contribution in [3.8, 4) is 0 Å². The second-order valence-corrected chi connectivity index (χ2v) is 10.4. The van der Waals surface area contributed by atoms with E-state index < -0.39 is 21.5 Å². The number of benzene rings is 1. The number of thiazole rings is 1. The van der Waals surface area contributed by atoms with Crippen LogP contribution >= 0.6 is 22.9 Å². The van der Waals surface area contributed by atoms with Gasteiger partial charge in [-0.05, 0) is 23.8 Å². The van der Waals surface area contributed by atoms with Crippen molar-refractivity contribution >= 4 is 44.0 Å². The zero-order valence-electron chi connectivity index (χ0n) is 17.6. The highest BCUT2D eigenvalue weighted by atomic mass is 35.5. The van der Waals surface area contributed by atoms with Crippen LogP contribution in [0.2, 0.25) is 5.02 Å². The van der Waals surface area contributed by atoms with Gasteiger partial charge >= 0.3 is 0 Å². The van der Waals surface area contributed by atoms with Crippen LogP contribution in [0.5, 0.6) is 0 Å². The molecule has 11 heteroatoms. The topological polar surface area (TPSA) is 101 Å². The van der Waals surface area contributed by atoms with Crippen molar-refractivity contribution in [3.63, 3.8) is 0 Å². The Kier molecular flexibility index (Phi) is 7.83. The highest BCUT2D eigenvalue weighted by molar-refractivity contribution is 7.89. The number of halogens is 1. The lowest BCUT2D eigenvalue weighted by molar-refractivity contribution is -0.116. The van der Waals surface area contributed by atoms with Gasteiger partial charge in [-0.2, -0.15) is 4.31 Å². The quantitative estimate of drug-likeness (QED) is 0.492. The number of anilines is 1. The van der Waals surface area contributed by atoms with Crippen molar-refractivity contribution in [1.82, 2.24) is 13.9 Å². The van der Waals surface area contributed by atoms with Gasteiger partial charge in [-0.25, -0.2) is 13.4 Å². The summed E-state index contributed by atoms with van der Waals surface area (Å²) < 4.78 is 27.8. The van der Waals surface area contributed by atoms with E-state index in [0.29, 0.717) is 29.7 Å². The highest BCUT2D eigenvalue weighted by Crippen LogP contribution is 2.22. The van der Waals surface area contributed by atoms with E-state index in [2.05, 4.69) is 10.3 Å². The van der Waals surface area contributed by atoms with E-state index in [1.54, 1.807) is 20.0 Å². The summed E-state index contributed by atoms with van der Waals surface area (Å²) in [5.74, 6) is -0.475. The molecule has 1 N–H and O–H groups in total. The molecule has 32 heavy (non-hydrogen) atoms. The van der Waals surface area contributed by atoms with E-state index in [4.69, 9.17) is 11.6 Å². The van der Waals surface area contributed by atoms with Gasteiger partial charge < -0.3 is 9.88 Å². The maximum absolute atomic E-state index is 12.7. The van der Waals surface area contributed by atoms with Crippen molar-refractivity contribution in [1.29, 1.82) is 0 Å². The number of amides is 1. The second-order valence-electron chi connectivity index (χ2n) is 6.90. The molecule has 3 rings (SSSR count). The summed E-state index contributed by atoms with van der Waals surface area (Å²) in [5.41, 5.74) is 0.593. The van der Waals surface area contributed by atoms with Gasteiger partial charge in [0.25, 0.3) is 5.56 Å². The third-order valence-electron chi connectivity index (χ3n) is 4.71. The van der Waals surface area contributed by atoms with Gasteiger partial charge in [-0.3, -0.25) is 9.59 Å². The number of hydrogen-bond donors (Lipinski definition) is 1. The standard InChI is InChI=1S/C21H23ClN4O4S2/c1-3-26(4-2)32(29,30)18-9-10-20(28)25(13-18)14-19(27)24-21-23-12-17(31-21)11-15-5-7-16(22)8-6-15/h5-10,12-13H,3-4,11,14H2,1-2H3,(H,23,24,27). The van der Waals surface area contributed by atoms with E-state index in [0.717, 1.165) is 21.1 Å². The molecule has 0 saturated heterocycles.